The van der Waals surface area contributed by atoms with E-state index in [1.807, 2.05) is 6.92 Å². The van der Waals surface area contributed by atoms with Gasteiger partial charge in [0.2, 0.25) is 17.6 Å². The van der Waals surface area contributed by atoms with Crippen molar-refractivity contribution >= 4 is 5.91 Å². The number of aromatic nitrogens is 2. The number of nitrogens with one attached hydrogen (secondary N) is 1. The van der Waals surface area contributed by atoms with Gasteiger partial charge in [-0.05, 0) is 57.1 Å². The molecule has 26 heavy (non-hydrogen) atoms. The van der Waals surface area contributed by atoms with Crippen molar-refractivity contribution in [2.45, 2.75) is 32.9 Å². The van der Waals surface area contributed by atoms with Crippen molar-refractivity contribution < 1.29 is 18.4 Å². The number of halogens is 1. The van der Waals surface area contributed by atoms with Crippen LogP contribution in [0.2, 0.25) is 0 Å². The Kier molecular flexibility index (Phi) is 6.17. The van der Waals surface area contributed by atoms with Gasteiger partial charge in [0, 0.05) is 12.5 Å². The molecule has 7 nitrogen and oxygen atoms in total. The second-order valence-corrected chi connectivity index (χ2v) is 6.29. The lowest BCUT2D eigenvalue weighted by Crippen LogP contribution is -2.40. The van der Waals surface area contributed by atoms with E-state index in [0.717, 1.165) is 25.9 Å². The summed E-state index contributed by atoms with van der Waals surface area (Å²) in [4.78, 5) is 18.4. The van der Waals surface area contributed by atoms with Gasteiger partial charge in [0.05, 0.1) is 6.54 Å². The van der Waals surface area contributed by atoms with E-state index in [2.05, 4.69) is 20.4 Å². The number of carbonyl (C=O) groups is 1. The number of nitrogens with zero attached hydrogens (tertiary/aromatic N) is 3. The zero-order valence-electron chi connectivity index (χ0n) is 14.8. The third-order valence-electron chi connectivity index (χ3n) is 4.36. The number of piperidine rings is 1. The van der Waals surface area contributed by atoms with Crippen LogP contribution in [0.1, 0.15) is 31.5 Å². The average Bonchev–Trinajstić information content (AvgIpc) is 3.09. The van der Waals surface area contributed by atoms with E-state index in [4.69, 9.17) is 9.26 Å². The van der Waals surface area contributed by atoms with E-state index >= 15 is 0 Å². The van der Waals surface area contributed by atoms with E-state index in [0.29, 0.717) is 30.6 Å². The van der Waals surface area contributed by atoms with Gasteiger partial charge in [-0.3, -0.25) is 9.69 Å². The highest BCUT2D eigenvalue weighted by atomic mass is 19.1. The molecule has 0 spiro atoms. The van der Waals surface area contributed by atoms with Crippen molar-refractivity contribution in [2.75, 3.05) is 19.6 Å². The first-order valence-electron chi connectivity index (χ1n) is 8.84. The minimum atomic E-state index is -0.310. The third kappa shape index (κ3) is 5.01. The molecule has 0 saturated carbocycles. The van der Waals surface area contributed by atoms with Crippen LogP contribution in [-0.2, 0) is 17.9 Å². The number of likely N-dealkylation sites (tertiary alicyclic amines) is 1. The standard InChI is InChI=1S/C18H23FN4O3/c1-2-20-18(24)13-7-9-23(10-8-13)11-17-21-16(22-26-17)12-25-15-5-3-14(19)4-6-15/h3-6,13H,2,7-12H2,1H3,(H,20,24). The van der Waals surface area contributed by atoms with Crippen molar-refractivity contribution in [3.05, 3.63) is 41.8 Å². The van der Waals surface area contributed by atoms with E-state index in [9.17, 15) is 9.18 Å². The van der Waals surface area contributed by atoms with Crippen LogP contribution >= 0.6 is 0 Å². The fraction of sp³-hybridized carbons (Fsp3) is 0.500. The first-order valence-corrected chi connectivity index (χ1v) is 8.84. The van der Waals surface area contributed by atoms with E-state index in [1.54, 1.807) is 12.1 Å². The van der Waals surface area contributed by atoms with Gasteiger partial charge >= 0.3 is 0 Å². The van der Waals surface area contributed by atoms with Crippen molar-refractivity contribution in [1.82, 2.24) is 20.4 Å². The Balaban J connectivity index is 1.44. The van der Waals surface area contributed by atoms with Crippen molar-refractivity contribution in [1.29, 1.82) is 0 Å². The van der Waals surface area contributed by atoms with Gasteiger partial charge in [-0.1, -0.05) is 5.16 Å². The molecule has 1 saturated heterocycles. The molecule has 2 heterocycles. The minimum absolute atomic E-state index is 0.0913. The molecule has 1 aliphatic rings. The number of ether oxygens (including phenoxy) is 1. The highest BCUT2D eigenvalue weighted by molar-refractivity contribution is 5.78. The first kappa shape index (κ1) is 18.3. The zero-order valence-corrected chi connectivity index (χ0v) is 14.8. The molecule has 1 amide bonds. The predicted octanol–water partition coefficient (Wildman–Crippen LogP) is 2.14. The molecule has 2 aromatic rings. The summed E-state index contributed by atoms with van der Waals surface area (Å²) in [6.45, 7) is 4.97. The molecule has 3 rings (SSSR count). The second-order valence-electron chi connectivity index (χ2n) is 6.29. The summed E-state index contributed by atoms with van der Waals surface area (Å²) in [7, 11) is 0. The molecule has 0 radical (unpaired) electrons. The summed E-state index contributed by atoms with van der Waals surface area (Å²) in [5, 5.41) is 6.79. The normalized spacial score (nSPS) is 15.8. The molecule has 0 aliphatic carbocycles. The van der Waals surface area contributed by atoms with Crippen molar-refractivity contribution in [3.8, 4) is 5.75 Å². The van der Waals surface area contributed by atoms with Crippen LogP contribution in [0.4, 0.5) is 4.39 Å². The fourth-order valence-electron chi connectivity index (χ4n) is 2.95. The van der Waals surface area contributed by atoms with Gasteiger partial charge in [0.25, 0.3) is 0 Å². The number of hydrogen-bond acceptors (Lipinski definition) is 6. The summed E-state index contributed by atoms with van der Waals surface area (Å²) >= 11 is 0. The molecule has 1 fully saturated rings. The maximum Gasteiger partial charge on any atom is 0.240 e. The highest BCUT2D eigenvalue weighted by Crippen LogP contribution is 2.19. The molecule has 0 atom stereocenters. The lowest BCUT2D eigenvalue weighted by atomic mass is 9.96. The number of benzene rings is 1. The molecule has 8 heteroatoms. The van der Waals surface area contributed by atoms with Gasteiger partial charge < -0.3 is 14.6 Å². The van der Waals surface area contributed by atoms with Gasteiger partial charge in [0.15, 0.2) is 6.61 Å². The highest BCUT2D eigenvalue weighted by Gasteiger charge is 2.25. The maximum atomic E-state index is 12.9. The Morgan fingerprint density at radius 1 is 1.35 bits per heavy atom. The van der Waals surface area contributed by atoms with Crippen LogP contribution in [0.3, 0.4) is 0 Å². The maximum absolute atomic E-state index is 12.9. The quantitative estimate of drug-likeness (QED) is 0.813. The molecule has 0 bridgehead atoms. The number of rotatable bonds is 7. The summed E-state index contributed by atoms with van der Waals surface area (Å²) in [6.07, 6.45) is 1.67. The molecular formula is C18H23FN4O3. The average molecular weight is 362 g/mol. The van der Waals surface area contributed by atoms with Gasteiger partial charge in [-0.2, -0.15) is 4.98 Å². The lowest BCUT2D eigenvalue weighted by molar-refractivity contribution is -0.126. The second kappa shape index (κ2) is 8.75. The lowest BCUT2D eigenvalue weighted by Gasteiger charge is -2.30. The largest absolute Gasteiger partial charge is 0.485 e. The molecular weight excluding hydrogens is 339 g/mol. The molecule has 1 aromatic carbocycles. The topological polar surface area (TPSA) is 80.5 Å². The van der Waals surface area contributed by atoms with Crippen LogP contribution in [0.15, 0.2) is 28.8 Å². The first-order chi connectivity index (χ1) is 12.6. The molecule has 0 unspecified atom stereocenters. The van der Waals surface area contributed by atoms with Crippen LogP contribution in [0.5, 0.6) is 5.75 Å². The Morgan fingerprint density at radius 3 is 2.77 bits per heavy atom. The predicted molar refractivity (Wildman–Crippen MR) is 91.7 cm³/mol. The fourth-order valence-corrected chi connectivity index (χ4v) is 2.95. The van der Waals surface area contributed by atoms with Crippen LogP contribution < -0.4 is 10.1 Å². The summed E-state index contributed by atoms with van der Waals surface area (Å²) in [6, 6.07) is 5.77. The van der Waals surface area contributed by atoms with Crippen LogP contribution in [-0.4, -0.2) is 40.6 Å². The number of hydrogen-bond donors (Lipinski definition) is 1. The number of carbonyl (C=O) groups excluding carboxylic acids is 1. The molecule has 140 valence electrons. The minimum Gasteiger partial charge on any atom is -0.485 e. The SMILES string of the molecule is CCNC(=O)C1CCN(Cc2nc(COc3ccc(F)cc3)no2)CC1. The van der Waals surface area contributed by atoms with E-state index < -0.39 is 0 Å². The summed E-state index contributed by atoms with van der Waals surface area (Å²) in [5.41, 5.74) is 0. The van der Waals surface area contributed by atoms with Crippen molar-refractivity contribution in [3.63, 3.8) is 0 Å². The third-order valence-corrected chi connectivity index (χ3v) is 4.36. The zero-order chi connectivity index (χ0) is 18.4. The monoisotopic (exact) mass is 362 g/mol. The van der Waals surface area contributed by atoms with Gasteiger partial charge in [-0.25, -0.2) is 4.39 Å². The summed E-state index contributed by atoms with van der Waals surface area (Å²) < 4.78 is 23.6. The Hall–Kier alpha value is -2.48. The van der Waals surface area contributed by atoms with Gasteiger partial charge in [0.1, 0.15) is 11.6 Å². The Morgan fingerprint density at radius 2 is 2.08 bits per heavy atom. The van der Waals surface area contributed by atoms with E-state index in [1.165, 1.54) is 12.1 Å². The molecule has 1 aliphatic heterocycles. The number of amides is 1. The van der Waals surface area contributed by atoms with Crippen LogP contribution in [0.25, 0.3) is 0 Å². The molecule has 1 aromatic heterocycles. The Labute approximate surface area is 151 Å². The smallest absolute Gasteiger partial charge is 0.240 e. The van der Waals surface area contributed by atoms with Crippen LogP contribution in [0, 0.1) is 11.7 Å². The summed E-state index contributed by atoms with van der Waals surface area (Å²) in [5.74, 6) is 1.44. The van der Waals surface area contributed by atoms with E-state index in [-0.39, 0.29) is 24.2 Å². The molecule has 1 N–H and O–H groups in total. The van der Waals surface area contributed by atoms with Gasteiger partial charge in [-0.15, -0.1) is 0 Å². The van der Waals surface area contributed by atoms with Crippen molar-refractivity contribution in [2.24, 2.45) is 5.92 Å². The Bertz CT molecular complexity index is 711.